The van der Waals surface area contributed by atoms with Crippen molar-refractivity contribution in [2.24, 2.45) is 5.18 Å². The monoisotopic (exact) mass is 192 g/mol. The van der Waals surface area contributed by atoms with E-state index in [9.17, 15) is 4.91 Å². The standard InChI is InChI=1S/C11H16N2O/c1-4-8-6-10(12)9(5-2)7(3)11(8)13-14/h6H,4-5,12H2,1-3H3. The van der Waals surface area contributed by atoms with Gasteiger partial charge in [0.2, 0.25) is 0 Å². The Bertz CT molecular complexity index is 359. The summed E-state index contributed by atoms with van der Waals surface area (Å²) in [6, 6.07) is 1.86. The van der Waals surface area contributed by atoms with Crippen molar-refractivity contribution >= 4 is 11.4 Å². The van der Waals surface area contributed by atoms with Crippen molar-refractivity contribution in [1.82, 2.24) is 0 Å². The molecule has 1 aromatic carbocycles. The second-order valence-corrected chi connectivity index (χ2v) is 3.38. The van der Waals surface area contributed by atoms with Gasteiger partial charge in [-0.05, 0) is 47.7 Å². The maximum atomic E-state index is 10.7. The average Bonchev–Trinajstić information content (AvgIpc) is 2.17. The molecule has 0 heterocycles. The maximum Gasteiger partial charge on any atom is 0.114 e. The lowest BCUT2D eigenvalue weighted by molar-refractivity contribution is 1.07. The van der Waals surface area contributed by atoms with Gasteiger partial charge in [-0.2, -0.15) is 0 Å². The van der Waals surface area contributed by atoms with E-state index in [1.165, 1.54) is 0 Å². The zero-order valence-electron chi connectivity index (χ0n) is 8.92. The van der Waals surface area contributed by atoms with Gasteiger partial charge in [-0.15, -0.1) is 4.91 Å². The molecule has 0 saturated heterocycles. The third kappa shape index (κ3) is 1.62. The van der Waals surface area contributed by atoms with E-state index in [4.69, 9.17) is 5.73 Å². The van der Waals surface area contributed by atoms with Gasteiger partial charge >= 0.3 is 0 Å². The number of anilines is 1. The van der Waals surface area contributed by atoms with Crippen LogP contribution in [0.25, 0.3) is 0 Å². The number of aryl methyl sites for hydroxylation is 1. The van der Waals surface area contributed by atoms with Crippen LogP contribution in [-0.2, 0) is 12.8 Å². The molecule has 0 aromatic heterocycles. The molecule has 0 fully saturated rings. The Morgan fingerprint density at radius 2 is 2.00 bits per heavy atom. The summed E-state index contributed by atoms with van der Waals surface area (Å²) >= 11 is 0. The first-order valence-electron chi connectivity index (χ1n) is 4.89. The van der Waals surface area contributed by atoms with Gasteiger partial charge in [-0.3, -0.25) is 0 Å². The van der Waals surface area contributed by atoms with E-state index in [0.29, 0.717) is 5.69 Å². The Balaban J connectivity index is 3.46. The van der Waals surface area contributed by atoms with E-state index >= 15 is 0 Å². The molecule has 1 aromatic rings. The minimum Gasteiger partial charge on any atom is -0.398 e. The largest absolute Gasteiger partial charge is 0.398 e. The summed E-state index contributed by atoms with van der Waals surface area (Å²) in [5, 5.41) is 3.09. The van der Waals surface area contributed by atoms with Gasteiger partial charge in [0.15, 0.2) is 0 Å². The van der Waals surface area contributed by atoms with Gasteiger partial charge in [-0.1, -0.05) is 13.8 Å². The van der Waals surface area contributed by atoms with Crippen molar-refractivity contribution in [3.8, 4) is 0 Å². The maximum absolute atomic E-state index is 10.7. The Labute approximate surface area is 84.3 Å². The Hall–Kier alpha value is -1.38. The van der Waals surface area contributed by atoms with E-state index < -0.39 is 0 Å². The van der Waals surface area contributed by atoms with E-state index in [1.54, 1.807) is 0 Å². The fourth-order valence-electron chi connectivity index (χ4n) is 1.81. The Kier molecular flexibility index (Phi) is 3.23. The third-order valence-corrected chi connectivity index (χ3v) is 2.62. The molecule has 0 atom stereocenters. The highest BCUT2D eigenvalue weighted by Crippen LogP contribution is 2.31. The summed E-state index contributed by atoms with van der Waals surface area (Å²) in [4.78, 5) is 10.7. The van der Waals surface area contributed by atoms with Crippen LogP contribution >= 0.6 is 0 Å². The van der Waals surface area contributed by atoms with Crippen molar-refractivity contribution in [2.45, 2.75) is 33.6 Å². The molecule has 1 rings (SSSR count). The topological polar surface area (TPSA) is 55.4 Å². The second kappa shape index (κ2) is 4.22. The number of hydrogen-bond donors (Lipinski definition) is 1. The summed E-state index contributed by atoms with van der Waals surface area (Å²) < 4.78 is 0. The summed E-state index contributed by atoms with van der Waals surface area (Å²) in [7, 11) is 0. The zero-order valence-corrected chi connectivity index (χ0v) is 8.92. The van der Waals surface area contributed by atoms with Crippen molar-refractivity contribution in [3.05, 3.63) is 27.7 Å². The van der Waals surface area contributed by atoms with Gasteiger partial charge < -0.3 is 5.73 Å². The van der Waals surface area contributed by atoms with Crippen molar-refractivity contribution in [1.29, 1.82) is 0 Å². The molecule has 0 bridgehead atoms. The number of nitrogens with zero attached hydrogens (tertiary/aromatic N) is 1. The smallest absolute Gasteiger partial charge is 0.114 e. The number of rotatable bonds is 3. The van der Waals surface area contributed by atoms with Crippen molar-refractivity contribution in [3.63, 3.8) is 0 Å². The van der Waals surface area contributed by atoms with E-state index in [-0.39, 0.29) is 0 Å². The van der Waals surface area contributed by atoms with Crippen molar-refractivity contribution < 1.29 is 0 Å². The summed E-state index contributed by atoms with van der Waals surface area (Å²) in [6.07, 6.45) is 1.63. The van der Waals surface area contributed by atoms with Crippen LogP contribution in [0.1, 0.15) is 30.5 Å². The number of nitrogens with two attached hydrogens (primary N) is 1. The molecule has 0 aliphatic heterocycles. The first kappa shape index (κ1) is 10.7. The van der Waals surface area contributed by atoms with Gasteiger partial charge in [-0.25, -0.2) is 0 Å². The predicted octanol–water partition coefficient (Wildman–Crippen LogP) is 3.10. The highest BCUT2D eigenvalue weighted by Gasteiger charge is 2.11. The number of benzene rings is 1. The highest BCUT2D eigenvalue weighted by molar-refractivity contribution is 5.65. The number of nitrogen functional groups attached to an aromatic ring is 1. The van der Waals surface area contributed by atoms with E-state index in [1.807, 2.05) is 26.8 Å². The summed E-state index contributed by atoms with van der Waals surface area (Å²) in [5.41, 5.74) is 10.1. The minimum absolute atomic E-state index is 0.568. The molecule has 0 aliphatic rings. The third-order valence-electron chi connectivity index (χ3n) is 2.62. The molecule has 2 N–H and O–H groups in total. The van der Waals surface area contributed by atoms with Crippen LogP contribution in [0.2, 0.25) is 0 Å². The number of hydrogen-bond acceptors (Lipinski definition) is 3. The highest BCUT2D eigenvalue weighted by atomic mass is 16.3. The molecule has 0 spiro atoms. The lowest BCUT2D eigenvalue weighted by Gasteiger charge is -2.12. The molecule has 0 amide bonds. The molecule has 3 heteroatoms. The van der Waals surface area contributed by atoms with Crippen LogP contribution in [0.5, 0.6) is 0 Å². The van der Waals surface area contributed by atoms with Gasteiger partial charge in [0.25, 0.3) is 0 Å². The van der Waals surface area contributed by atoms with Crippen LogP contribution in [0.3, 0.4) is 0 Å². The van der Waals surface area contributed by atoms with Gasteiger partial charge in [0, 0.05) is 5.69 Å². The molecule has 76 valence electrons. The molecule has 0 unspecified atom stereocenters. The fourth-order valence-corrected chi connectivity index (χ4v) is 1.81. The average molecular weight is 192 g/mol. The molecule has 3 nitrogen and oxygen atoms in total. The predicted molar refractivity (Wildman–Crippen MR) is 59.8 cm³/mol. The molecule has 0 aliphatic carbocycles. The van der Waals surface area contributed by atoms with Gasteiger partial charge in [0.05, 0.1) is 0 Å². The van der Waals surface area contributed by atoms with Crippen molar-refractivity contribution in [2.75, 3.05) is 5.73 Å². The summed E-state index contributed by atoms with van der Waals surface area (Å²) in [5.74, 6) is 0. The van der Waals surface area contributed by atoms with Crippen LogP contribution < -0.4 is 5.73 Å². The fraction of sp³-hybridized carbons (Fsp3) is 0.455. The molecule has 0 saturated carbocycles. The quantitative estimate of drug-likeness (QED) is 0.591. The number of nitroso groups, excluding NO2 is 1. The van der Waals surface area contributed by atoms with E-state index in [2.05, 4.69) is 5.18 Å². The second-order valence-electron chi connectivity index (χ2n) is 3.38. The normalized spacial score (nSPS) is 10.2. The van der Waals surface area contributed by atoms with Gasteiger partial charge in [0.1, 0.15) is 5.69 Å². The first-order valence-corrected chi connectivity index (χ1v) is 4.89. The molecular formula is C11H16N2O. The Morgan fingerprint density at radius 1 is 1.36 bits per heavy atom. The molecular weight excluding hydrogens is 176 g/mol. The van der Waals surface area contributed by atoms with Crippen LogP contribution in [0.15, 0.2) is 11.2 Å². The Morgan fingerprint density at radius 3 is 2.43 bits per heavy atom. The lowest BCUT2D eigenvalue weighted by Crippen LogP contribution is -1.99. The zero-order chi connectivity index (χ0) is 10.7. The SMILES string of the molecule is CCc1cc(N)c(CC)c(C)c1N=O. The molecule has 14 heavy (non-hydrogen) atoms. The van der Waals surface area contributed by atoms with Crippen LogP contribution in [0.4, 0.5) is 11.4 Å². The van der Waals surface area contributed by atoms with Crippen LogP contribution in [0, 0.1) is 11.8 Å². The van der Waals surface area contributed by atoms with E-state index in [0.717, 1.165) is 35.2 Å². The molecule has 0 radical (unpaired) electrons. The summed E-state index contributed by atoms with van der Waals surface area (Å²) in [6.45, 7) is 5.93. The van der Waals surface area contributed by atoms with Crippen LogP contribution in [-0.4, -0.2) is 0 Å². The lowest BCUT2D eigenvalue weighted by atomic mass is 9.97. The first-order chi connectivity index (χ1) is 6.65. The minimum atomic E-state index is 0.568.